The molecular weight excluding hydrogens is 342 g/mol. The van der Waals surface area contributed by atoms with Gasteiger partial charge in [-0.3, -0.25) is 14.9 Å². The molecule has 0 fully saturated rings. The van der Waals surface area contributed by atoms with Crippen molar-refractivity contribution in [3.05, 3.63) is 52.1 Å². The van der Waals surface area contributed by atoms with E-state index in [2.05, 4.69) is 10.3 Å². The van der Waals surface area contributed by atoms with Gasteiger partial charge >= 0.3 is 0 Å². The Labute approximate surface area is 148 Å². The fourth-order valence-electron chi connectivity index (χ4n) is 2.56. The van der Waals surface area contributed by atoms with Crippen LogP contribution in [0, 0.1) is 16.0 Å². The minimum atomic E-state index is -1.26. The number of hydrogen-bond donors (Lipinski definition) is 1. The van der Waals surface area contributed by atoms with E-state index in [4.69, 9.17) is 4.74 Å². The van der Waals surface area contributed by atoms with Crippen molar-refractivity contribution in [1.82, 2.24) is 4.98 Å². The summed E-state index contributed by atoms with van der Waals surface area (Å²) >= 11 is 1.35. The van der Waals surface area contributed by atoms with Crippen molar-refractivity contribution in [1.29, 1.82) is 0 Å². The quantitative estimate of drug-likeness (QED) is 0.513. The molecule has 0 saturated carbocycles. The number of ether oxygens (including phenoxy) is 1. The first-order valence-corrected chi connectivity index (χ1v) is 8.43. The molecular formula is C17H17N3O4S. The second kappa shape index (κ2) is 6.29. The van der Waals surface area contributed by atoms with Gasteiger partial charge in [0.25, 0.3) is 5.54 Å². The Morgan fingerprint density at radius 2 is 2.24 bits per heavy atom. The molecule has 0 saturated heterocycles. The molecule has 1 aromatic heterocycles. The summed E-state index contributed by atoms with van der Waals surface area (Å²) in [5.74, 6) is -0.108. The minimum absolute atomic E-state index is 0.271. The van der Waals surface area contributed by atoms with Gasteiger partial charge in [-0.1, -0.05) is 23.5 Å². The number of amides is 1. The number of thiazole rings is 1. The number of nitrogens with one attached hydrogen (secondary N) is 1. The van der Waals surface area contributed by atoms with Crippen LogP contribution in [0.1, 0.15) is 13.8 Å². The van der Waals surface area contributed by atoms with E-state index in [-0.39, 0.29) is 10.8 Å². The van der Waals surface area contributed by atoms with Gasteiger partial charge in [0.15, 0.2) is 5.13 Å². The number of fused-ring (bicyclic) bond motifs is 1. The third-order valence-corrected chi connectivity index (χ3v) is 5.30. The molecule has 1 heterocycles. The number of aromatic nitrogens is 1. The van der Waals surface area contributed by atoms with Gasteiger partial charge in [0.1, 0.15) is 5.75 Å². The van der Waals surface area contributed by atoms with E-state index in [9.17, 15) is 14.9 Å². The average molecular weight is 359 g/mol. The largest absolute Gasteiger partial charge is 0.497 e. The Morgan fingerprint density at radius 3 is 2.88 bits per heavy atom. The van der Waals surface area contributed by atoms with Crippen molar-refractivity contribution in [3.63, 3.8) is 0 Å². The van der Waals surface area contributed by atoms with E-state index in [1.165, 1.54) is 24.3 Å². The number of nitrogens with zero attached hydrogens (tertiary/aromatic N) is 2. The summed E-state index contributed by atoms with van der Waals surface area (Å²) in [4.78, 5) is 27.7. The van der Waals surface area contributed by atoms with E-state index in [0.29, 0.717) is 10.7 Å². The van der Waals surface area contributed by atoms with E-state index in [0.717, 1.165) is 16.0 Å². The Morgan fingerprint density at radius 1 is 1.48 bits per heavy atom. The van der Waals surface area contributed by atoms with Crippen LogP contribution in [0.2, 0.25) is 0 Å². The second-order valence-corrected chi connectivity index (χ2v) is 7.01. The molecule has 1 amide bonds. The van der Waals surface area contributed by atoms with E-state index >= 15 is 0 Å². The fourth-order valence-corrected chi connectivity index (χ4v) is 3.46. The molecule has 2 unspecified atom stereocenters. The lowest BCUT2D eigenvalue weighted by Crippen LogP contribution is -2.37. The summed E-state index contributed by atoms with van der Waals surface area (Å²) in [5, 5.41) is 14.5. The molecule has 0 bridgehead atoms. The van der Waals surface area contributed by atoms with Crippen LogP contribution in [0.4, 0.5) is 5.13 Å². The summed E-state index contributed by atoms with van der Waals surface area (Å²) < 4.78 is 6.08. The number of benzene rings is 1. The molecule has 0 radical (unpaired) electrons. The molecule has 25 heavy (non-hydrogen) atoms. The summed E-state index contributed by atoms with van der Waals surface area (Å²) in [5.41, 5.74) is 0.0468. The normalized spacial score (nSPS) is 22.5. The van der Waals surface area contributed by atoms with Gasteiger partial charge in [0.05, 0.1) is 23.2 Å². The van der Waals surface area contributed by atoms with Gasteiger partial charge in [0.2, 0.25) is 5.91 Å². The van der Waals surface area contributed by atoms with Gasteiger partial charge in [0, 0.05) is 17.4 Å². The smallest absolute Gasteiger partial charge is 0.258 e. The molecule has 2 aromatic rings. The highest BCUT2D eigenvalue weighted by atomic mass is 32.1. The maximum atomic E-state index is 12.5. The molecule has 0 spiro atoms. The molecule has 8 heteroatoms. The van der Waals surface area contributed by atoms with E-state index < -0.39 is 11.5 Å². The Balaban J connectivity index is 1.78. The van der Waals surface area contributed by atoms with Crippen molar-refractivity contribution in [3.8, 4) is 5.75 Å². The van der Waals surface area contributed by atoms with Crippen LogP contribution in [-0.4, -0.2) is 28.5 Å². The van der Waals surface area contributed by atoms with Crippen molar-refractivity contribution >= 4 is 32.6 Å². The molecule has 3 rings (SSSR count). The van der Waals surface area contributed by atoms with Gasteiger partial charge in [-0.2, -0.15) is 0 Å². The average Bonchev–Trinajstić information content (AvgIpc) is 2.98. The van der Waals surface area contributed by atoms with Crippen molar-refractivity contribution in [2.45, 2.75) is 19.4 Å². The number of carbonyl (C=O) groups is 1. The molecule has 7 nitrogen and oxygen atoms in total. The van der Waals surface area contributed by atoms with Crippen LogP contribution >= 0.6 is 11.3 Å². The zero-order valence-corrected chi connectivity index (χ0v) is 14.8. The Bertz CT molecular complexity index is 918. The highest BCUT2D eigenvalue weighted by molar-refractivity contribution is 7.22. The van der Waals surface area contributed by atoms with E-state index in [1.54, 1.807) is 26.2 Å². The Hall–Kier alpha value is -2.74. The highest BCUT2D eigenvalue weighted by Crippen LogP contribution is 2.31. The van der Waals surface area contributed by atoms with Gasteiger partial charge in [-0.05, 0) is 31.2 Å². The summed E-state index contributed by atoms with van der Waals surface area (Å²) in [7, 11) is 1.59. The molecule has 1 aromatic carbocycles. The topological polar surface area (TPSA) is 94.4 Å². The highest BCUT2D eigenvalue weighted by Gasteiger charge is 2.39. The molecule has 2 atom stereocenters. The number of methoxy groups -OCH3 is 1. The molecule has 1 N–H and O–H groups in total. The lowest BCUT2D eigenvalue weighted by molar-refractivity contribution is -0.539. The first kappa shape index (κ1) is 17.1. The lowest BCUT2D eigenvalue weighted by atomic mass is 9.84. The third-order valence-electron chi connectivity index (χ3n) is 4.36. The van der Waals surface area contributed by atoms with Gasteiger partial charge in [-0.15, -0.1) is 0 Å². The van der Waals surface area contributed by atoms with Crippen LogP contribution in [0.15, 0.2) is 42.0 Å². The van der Waals surface area contributed by atoms with Crippen LogP contribution in [0.5, 0.6) is 5.75 Å². The first-order chi connectivity index (χ1) is 11.8. The fraction of sp³-hybridized carbons (Fsp3) is 0.294. The maximum absolute atomic E-state index is 12.5. The van der Waals surface area contributed by atoms with Crippen LogP contribution in [-0.2, 0) is 4.79 Å². The van der Waals surface area contributed by atoms with Crippen LogP contribution in [0.3, 0.4) is 0 Å². The third kappa shape index (κ3) is 3.12. The monoisotopic (exact) mass is 359 g/mol. The number of hydrogen-bond acceptors (Lipinski definition) is 6. The van der Waals surface area contributed by atoms with Gasteiger partial charge in [-0.25, -0.2) is 4.98 Å². The number of anilines is 1. The van der Waals surface area contributed by atoms with Crippen LogP contribution < -0.4 is 10.1 Å². The zero-order valence-electron chi connectivity index (χ0n) is 14.0. The molecule has 130 valence electrons. The Kier molecular flexibility index (Phi) is 4.30. The number of carbonyl (C=O) groups excluding carboxylic acids is 1. The molecule has 0 aliphatic heterocycles. The zero-order chi connectivity index (χ0) is 18.2. The molecule has 1 aliphatic carbocycles. The number of rotatable bonds is 4. The SMILES string of the molecule is COc1ccc2nc(NC(=O)C3C=CC(C)([N+](=O)[O-])C(C)=C3)sc2c1. The minimum Gasteiger partial charge on any atom is -0.497 e. The lowest BCUT2D eigenvalue weighted by Gasteiger charge is -2.23. The van der Waals surface area contributed by atoms with E-state index in [1.807, 2.05) is 18.2 Å². The second-order valence-electron chi connectivity index (χ2n) is 5.98. The van der Waals surface area contributed by atoms with Crippen molar-refractivity contribution < 1.29 is 14.5 Å². The summed E-state index contributed by atoms with van der Waals surface area (Å²) in [6, 6.07) is 5.49. The standard InChI is InChI=1S/C17H17N3O4S/c1-10-8-11(6-7-17(10,2)20(22)23)15(21)19-16-18-13-5-4-12(24-3)9-14(13)25-16/h4-9,11H,1-3H3,(H,18,19,21). The summed E-state index contributed by atoms with van der Waals surface area (Å²) in [6.07, 6.45) is 4.64. The predicted octanol–water partition coefficient (Wildman–Crippen LogP) is 3.41. The van der Waals surface area contributed by atoms with Crippen LogP contribution in [0.25, 0.3) is 10.2 Å². The van der Waals surface area contributed by atoms with Crippen molar-refractivity contribution in [2.75, 3.05) is 12.4 Å². The first-order valence-electron chi connectivity index (χ1n) is 7.61. The maximum Gasteiger partial charge on any atom is 0.258 e. The molecule has 1 aliphatic rings. The van der Waals surface area contributed by atoms with Gasteiger partial charge < -0.3 is 10.1 Å². The number of nitro groups is 1. The van der Waals surface area contributed by atoms with Crippen molar-refractivity contribution in [2.24, 2.45) is 5.92 Å². The summed E-state index contributed by atoms with van der Waals surface area (Å²) in [6.45, 7) is 3.18. The predicted molar refractivity (Wildman–Crippen MR) is 96.6 cm³/mol.